The molecule has 0 aliphatic carbocycles. The van der Waals surface area contributed by atoms with Gasteiger partial charge in [-0.25, -0.2) is 0 Å². The quantitative estimate of drug-likeness (QED) is 0.0772. The number of aromatic nitrogens is 4. The van der Waals surface area contributed by atoms with E-state index in [-0.39, 0.29) is 72.8 Å². The molecule has 135 heavy (non-hydrogen) atoms. The van der Waals surface area contributed by atoms with Crippen LogP contribution in [0.15, 0.2) is 292 Å². The Morgan fingerprint density at radius 3 is 0.859 bits per heavy atom. The molecule has 0 bridgehead atoms. The van der Waals surface area contributed by atoms with Crippen molar-refractivity contribution in [2.75, 3.05) is 119 Å². The summed E-state index contributed by atoms with van der Waals surface area (Å²) in [6.45, 7) is 20.4. The van der Waals surface area contributed by atoms with Gasteiger partial charge in [0.05, 0.1) is 49.5 Å². The van der Waals surface area contributed by atoms with Crippen LogP contribution in [0, 0.1) is 27.7 Å². The smallest absolute Gasteiger partial charge is 0.255 e. The molecule has 20 nitrogen and oxygen atoms in total. The number of amides is 4. The van der Waals surface area contributed by atoms with E-state index in [2.05, 4.69) is 261 Å². The molecule has 8 aromatic carbocycles. The average molecular weight is 1810 g/mol. The number of rotatable bonds is 19. The maximum absolute atomic E-state index is 13.3. The molecule has 8 fully saturated rings. The van der Waals surface area contributed by atoms with Crippen LogP contribution >= 0.6 is 0 Å². The number of methoxy groups -OCH3 is 2. The Morgan fingerprint density at radius 2 is 0.585 bits per heavy atom. The first-order chi connectivity index (χ1) is 66.2. The molecule has 0 saturated carbocycles. The second kappa shape index (κ2) is 45.1. The van der Waals surface area contributed by atoms with Gasteiger partial charge in [0.2, 0.25) is 5.91 Å². The van der Waals surface area contributed by atoms with Gasteiger partial charge in [0, 0.05) is 188 Å². The summed E-state index contributed by atoms with van der Waals surface area (Å²) in [6.07, 6.45) is 20.5. The van der Waals surface area contributed by atoms with Crippen LogP contribution in [0.4, 0.5) is 0 Å². The molecule has 12 atom stereocenters. The molecule has 4 aromatic heterocycles. The van der Waals surface area contributed by atoms with Gasteiger partial charge >= 0.3 is 0 Å². The molecule has 4 amide bonds. The molecule has 0 spiro atoms. The molecular formula is C115H130N12O8. The fourth-order valence-electron chi connectivity index (χ4n) is 22.8. The Balaban J connectivity index is 0.000000125. The molecular weight excluding hydrogens is 1680 g/mol. The average Bonchev–Trinajstić information content (AvgIpc) is 0.751. The minimum Gasteiger partial charge on any atom is -0.395 e. The van der Waals surface area contributed by atoms with Crippen molar-refractivity contribution in [1.82, 2.24) is 59.1 Å². The third-order valence-corrected chi connectivity index (χ3v) is 29.8. The van der Waals surface area contributed by atoms with Gasteiger partial charge in [0.15, 0.2) is 0 Å². The normalized spacial score (nSPS) is 23.0. The molecule has 0 unspecified atom stereocenters. The summed E-state index contributed by atoms with van der Waals surface area (Å²) in [5, 5.41) is 20.4. The van der Waals surface area contributed by atoms with E-state index >= 15 is 0 Å². The van der Waals surface area contributed by atoms with Crippen LogP contribution in [-0.4, -0.2) is 260 Å². The highest BCUT2D eigenvalue weighted by atomic mass is 16.5. The SMILES string of the molecule is COC[C@@H]1[C@H](c2ccc(-c3ccccc3C)cc2)[C@H]2CN(C(=O)c3cccnc3)CCCCN12.COC[C@@H]1[C@H](c2ccc(-c3ccccc3C)cc2)[C@H]2CN(C(=O)c3cccnc3)CCCCN12.Cc1ccccc1-c1ccc([C@@H]2[C@@H](CO)N3CCCCN(C(=O)c4cccnc4)C[C@@H]23)cc1.Cc1ccccc1-c1ccc([C@@H]2[C@H](CO)N3CCCCN(C(=O)Cc4ccccn4)C[C@@H]23)cc1. The number of fused-ring (bicyclic) bond motifs is 4. The predicted octanol–water partition coefficient (Wildman–Crippen LogP) is 17.7. The van der Waals surface area contributed by atoms with Crippen molar-refractivity contribution in [1.29, 1.82) is 0 Å². The van der Waals surface area contributed by atoms with E-state index in [0.29, 0.717) is 85.4 Å². The lowest BCUT2D eigenvalue weighted by Gasteiger charge is -2.57. The zero-order chi connectivity index (χ0) is 93.3. The van der Waals surface area contributed by atoms with E-state index in [0.717, 1.165) is 123 Å². The van der Waals surface area contributed by atoms with Gasteiger partial charge in [-0.2, -0.15) is 0 Å². The highest BCUT2D eigenvalue weighted by Gasteiger charge is 2.54. The van der Waals surface area contributed by atoms with Crippen LogP contribution in [0.5, 0.6) is 0 Å². The van der Waals surface area contributed by atoms with Crippen LogP contribution < -0.4 is 0 Å². The number of hydrogen-bond donors (Lipinski definition) is 2. The summed E-state index contributed by atoms with van der Waals surface area (Å²) >= 11 is 0. The Kier molecular flexibility index (Phi) is 31.6. The number of aliphatic hydroxyl groups excluding tert-OH is 2. The molecule has 20 rings (SSSR count). The van der Waals surface area contributed by atoms with Crippen molar-refractivity contribution < 1.29 is 38.9 Å². The number of hydrogen-bond acceptors (Lipinski definition) is 16. The minimum absolute atomic E-state index is 0.0473. The van der Waals surface area contributed by atoms with Gasteiger partial charge in [-0.3, -0.25) is 58.7 Å². The fraction of sp³-hybridized carbons (Fsp3) is 0.374. The van der Waals surface area contributed by atoms with E-state index in [9.17, 15) is 29.4 Å². The highest BCUT2D eigenvalue weighted by molar-refractivity contribution is 5.95. The number of ether oxygens (including phenoxy) is 2. The first kappa shape index (κ1) is 94.7. The monoisotopic (exact) mass is 1810 g/mol. The van der Waals surface area contributed by atoms with Gasteiger partial charge < -0.3 is 39.3 Å². The summed E-state index contributed by atoms with van der Waals surface area (Å²) in [5.41, 5.74) is 23.0. The molecule has 8 aliphatic rings. The maximum atomic E-state index is 13.3. The standard InChI is InChI=1S/3C29H33N3O2.C28H31N3O2/c2*1-21-8-3-4-10-25(21)22-11-13-23(14-12-22)28-26-19-31(29(33)24-9-7-15-30-18-24)16-5-6-17-32(26)27(28)20-34-2;1-21-8-2-3-10-25(21)22-11-13-23(14-12-22)29-26-19-31(16-6-7-17-32(26)27(29)20-33)28(34)18-24-9-4-5-15-30-24;1-20-7-2-3-9-24(20)21-10-12-22(13-11-21)27-25-18-30(28(33)23-8-6-14-29-17-23)15-4-5-16-31(25)26(27)19-32/h2*3-4,7-15,18,26-28H,5-6,16-17,19-20H2,1-2H3;2-5,8-15,26-27,29,33H,6-7,16-20H2,1H3;2-3,6-14,17,25-27,32H,4-5,15-16,18-19H2,1H3/t2*26-,27-,28-;26-,27-,29-;25-,26+,27-/m1100/s1. The molecule has 20 heteroatoms. The lowest BCUT2D eigenvalue weighted by molar-refractivity contribution is -0.135. The number of pyridine rings is 4. The molecule has 698 valence electrons. The van der Waals surface area contributed by atoms with Gasteiger partial charge in [0.25, 0.3) is 17.7 Å². The number of nitrogens with zero attached hydrogens (tertiary/aromatic N) is 12. The molecule has 12 heterocycles. The van der Waals surface area contributed by atoms with Crippen LogP contribution in [0.2, 0.25) is 0 Å². The maximum Gasteiger partial charge on any atom is 0.255 e. The van der Waals surface area contributed by atoms with E-state index in [1.54, 1.807) is 57.6 Å². The molecule has 0 radical (unpaired) electrons. The second-order valence-electron chi connectivity index (χ2n) is 37.8. The van der Waals surface area contributed by atoms with Gasteiger partial charge in [0.1, 0.15) is 0 Å². The summed E-state index contributed by atoms with van der Waals surface area (Å²) in [4.78, 5) is 87.7. The minimum atomic E-state index is 0.0473. The summed E-state index contributed by atoms with van der Waals surface area (Å²) in [7, 11) is 3.57. The zero-order valence-corrected chi connectivity index (χ0v) is 79.0. The molecule has 2 N–H and O–H groups in total. The molecule has 12 aromatic rings. The van der Waals surface area contributed by atoms with Crippen LogP contribution in [-0.2, 0) is 20.7 Å². The number of carbonyl (C=O) groups excluding carboxylic acids is 4. The lowest BCUT2D eigenvalue weighted by atomic mass is 9.74. The van der Waals surface area contributed by atoms with E-state index in [1.165, 1.54) is 89.0 Å². The van der Waals surface area contributed by atoms with Crippen LogP contribution in [0.3, 0.4) is 0 Å². The number of aliphatic hydroxyl groups is 2. The number of carbonyl (C=O) groups is 4. The summed E-state index contributed by atoms with van der Waals surface area (Å²) < 4.78 is 11.3. The molecule has 8 aliphatic heterocycles. The first-order valence-corrected chi connectivity index (χ1v) is 48.8. The van der Waals surface area contributed by atoms with Crippen molar-refractivity contribution in [3.05, 3.63) is 359 Å². The Hall–Kier alpha value is -12.1. The van der Waals surface area contributed by atoms with Crippen LogP contribution in [0.1, 0.15) is 156 Å². The zero-order valence-electron chi connectivity index (χ0n) is 79.0. The second-order valence-corrected chi connectivity index (χ2v) is 37.8. The lowest BCUT2D eigenvalue weighted by Crippen LogP contribution is -2.68. The Morgan fingerprint density at radius 1 is 0.311 bits per heavy atom. The van der Waals surface area contributed by atoms with Crippen molar-refractivity contribution in [3.8, 4) is 44.5 Å². The van der Waals surface area contributed by atoms with Crippen molar-refractivity contribution in [3.63, 3.8) is 0 Å². The van der Waals surface area contributed by atoms with E-state index in [4.69, 9.17) is 9.47 Å². The van der Waals surface area contributed by atoms with Gasteiger partial charge in [-0.15, -0.1) is 0 Å². The van der Waals surface area contributed by atoms with Crippen LogP contribution in [0.25, 0.3) is 44.5 Å². The number of aryl methyl sites for hydroxylation is 4. The summed E-state index contributed by atoms with van der Waals surface area (Å²) in [6, 6.07) is 88.3. The highest BCUT2D eigenvalue weighted by Crippen LogP contribution is 2.48. The van der Waals surface area contributed by atoms with E-state index in [1.807, 2.05) is 74.2 Å². The van der Waals surface area contributed by atoms with Crippen molar-refractivity contribution >= 4 is 23.6 Å². The first-order valence-electron chi connectivity index (χ1n) is 48.8. The van der Waals surface area contributed by atoms with Crippen molar-refractivity contribution in [2.45, 2.75) is 157 Å². The molecule has 8 saturated heterocycles. The number of benzene rings is 8. The van der Waals surface area contributed by atoms with Gasteiger partial charge in [-0.1, -0.05) is 200 Å². The third kappa shape index (κ3) is 21.4. The summed E-state index contributed by atoms with van der Waals surface area (Å²) in [5.74, 6) is 1.47. The largest absolute Gasteiger partial charge is 0.395 e. The third-order valence-electron chi connectivity index (χ3n) is 29.8. The van der Waals surface area contributed by atoms with Gasteiger partial charge in [-0.05, 0) is 243 Å². The van der Waals surface area contributed by atoms with E-state index < -0.39 is 0 Å². The fourth-order valence-corrected chi connectivity index (χ4v) is 22.8. The topological polar surface area (TPSA) is 205 Å². The van der Waals surface area contributed by atoms with Crippen molar-refractivity contribution in [2.24, 2.45) is 0 Å². The predicted molar refractivity (Wildman–Crippen MR) is 534 cm³/mol. The Bertz CT molecular complexity index is 5710. The Labute approximate surface area is 797 Å².